The summed E-state index contributed by atoms with van der Waals surface area (Å²) in [6, 6.07) is 2.48. The van der Waals surface area contributed by atoms with E-state index in [4.69, 9.17) is 9.47 Å². The first kappa shape index (κ1) is 19.0. The molecule has 0 bridgehead atoms. The summed E-state index contributed by atoms with van der Waals surface area (Å²) < 4.78 is 10.8. The van der Waals surface area contributed by atoms with Gasteiger partial charge in [0.25, 0.3) is 5.69 Å². The molecule has 0 aromatic heterocycles. The Morgan fingerprint density at radius 2 is 1.82 bits per heavy atom. The lowest BCUT2D eigenvalue weighted by Crippen LogP contribution is -2.46. The fraction of sp³-hybridized carbons (Fsp3) is 0.650. The summed E-state index contributed by atoms with van der Waals surface area (Å²) >= 11 is 0. The van der Waals surface area contributed by atoms with Crippen LogP contribution in [0.5, 0.6) is 11.5 Å². The Morgan fingerprint density at radius 3 is 2.46 bits per heavy atom. The van der Waals surface area contributed by atoms with Crippen molar-refractivity contribution < 1.29 is 19.2 Å². The van der Waals surface area contributed by atoms with Crippen molar-refractivity contribution in [2.24, 2.45) is 5.92 Å². The monoisotopic (exact) mass is 389 g/mol. The maximum atomic E-state index is 13.3. The number of fused-ring (bicyclic) bond motifs is 1. The van der Waals surface area contributed by atoms with E-state index in [1.165, 1.54) is 6.07 Å². The zero-order valence-electron chi connectivity index (χ0n) is 16.2. The van der Waals surface area contributed by atoms with Gasteiger partial charge in [-0.15, -0.1) is 0 Å². The molecule has 0 radical (unpaired) electrons. The predicted molar refractivity (Wildman–Crippen MR) is 102 cm³/mol. The zero-order chi connectivity index (χ0) is 19.7. The molecule has 1 amide bonds. The van der Waals surface area contributed by atoms with E-state index in [9.17, 15) is 14.9 Å². The second-order valence-corrected chi connectivity index (χ2v) is 8.13. The first-order valence-corrected chi connectivity index (χ1v) is 10.2. The van der Waals surface area contributed by atoms with E-state index in [-0.39, 0.29) is 24.4 Å². The lowest BCUT2D eigenvalue weighted by molar-refractivity contribution is -0.386. The fourth-order valence-electron chi connectivity index (χ4n) is 4.46. The van der Waals surface area contributed by atoms with Gasteiger partial charge in [0.05, 0.1) is 16.6 Å². The van der Waals surface area contributed by atoms with Crippen LogP contribution >= 0.6 is 0 Å². The second kappa shape index (κ2) is 7.95. The summed E-state index contributed by atoms with van der Waals surface area (Å²) in [6.07, 6.45) is 6.12. The van der Waals surface area contributed by atoms with Crippen molar-refractivity contribution in [1.29, 1.82) is 0 Å². The van der Waals surface area contributed by atoms with Crippen molar-refractivity contribution in [3.63, 3.8) is 0 Å². The predicted octanol–water partition coefficient (Wildman–Crippen LogP) is 3.16. The lowest BCUT2D eigenvalue weighted by atomic mass is 9.94. The van der Waals surface area contributed by atoms with Gasteiger partial charge in [-0.25, -0.2) is 0 Å². The van der Waals surface area contributed by atoms with Crippen molar-refractivity contribution in [3.8, 4) is 11.5 Å². The summed E-state index contributed by atoms with van der Waals surface area (Å²) in [4.78, 5) is 26.7. The molecule has 1 atom stereocenters. The van der Waals surface area contributed by atoms with Crippen molar-refractivity contribution in [1.82, 2.24) is 10.2 Å². The number of hydrogen-bond donors (Lipinski definition) is 1. The maximum Gasteiger partial charge on any atom is 0.278 e. The van der Waals surface area contributed by atoms with Gasteiger partial charge in [0.1, 0.15) is 6.04 Å². The number of nitrogens with zero attached hydrogens (tertiary/aromatic N) is 2. The van der Waals surface area contributed by atoms with Crippen LogP contribution in [0.4, 0.5) is 5.69 Å². The Hall–Kier alpha value is -2.35. The number of piperidine rings is 1. The zero-order valence-corrected chi connectivity index (χ0v) is 16.2. The molecule has 1 saturated heterocycles. The average molecular weight is 389 g/mol. The summed E-state index contributed by atoms with van der Waals surface area (Å²) in [5.74, 6) is 1.27. The minimum absolute atomic E-state index is 0.0378. The van der Waals surface area contributed by atoms with Crippen LogP contribution in [0.2, 0.25) is 0 Å². The van der Waals surface area contributed by atoms with Crippen LogP contribution in [-0.2, 0) is 4.79 Å². The highest BCUT2D eigenvalue weighted by Gasteiger charge is 2.37. The number of hydrogen-bond acceptors (Lipinski definition) is 6. The highest BCUT2D eigenvalue weighted by Crippen LogP contribution is 2.42. The molecule has 152 valence electrons. The van der Waals surface area contributed by atoms with Gasteiger partial charge in [-0.1, -0.05) is 19.8 Å². The van der Waals surface area contributed by atoms with Gasteiger partial charge in [0.2, 0.25) is 12.7 Å². The molecule has 2 fully saturated rings. The molecule has 2 aliphatic heterocycles. The molecule has 8 nitrogen and oxygen atoms in total. The van der Waals surface area contributed by atoms with Gasteiger partial charge >= 0.3 is 0 Å². The molecule has 1 unspecified atom stereocenters. The Bertz CT molecular complexity index is 754. The second-order valence-electron chi connectivity index (χ2n) is 8.13. The average Bonchev–Trinajstić information content (AvgIpc) is 3.34. The van der Waals surface area contributed by atoms with Gasteiger partial charge in [-0.05, 0) is 50.8 Å². The van der Waals surface area contributed by atoms with Crippen LogP contribution in [0.1, 0.15) is 57.1 Å². The number of carbonyl (C=O) groups excluding carboxylic acids is 1. The molecular weight excluding hydrogens is 362 g/mol. The molecule has 1 saturated carbocycles. The Labute approximate surface area is 164 Å². The molecule has 1 aromatic rings. The van der Waals surface area contributed by atoms with Gasteiger partial charge < -0.3 is 14.8 Å². The topological polar surface area (TPSA) is 93.9 Å². The maximum absolute atomic E-state index is 13.3. The van der Waals surface area contributed by atoms with Crippen LogP contribution in [0.15, 0.2) is 12.1 Å². The van der Waals surface area contributed by atoms with Crippen molar-refractivity contribution in [3.05, 3.63) is 27.8 Å². The largest absolute Gasteiger partial charge is 0.454 e. The molecule has 1 N–H and O–H groups in total. The molecule has 2 heterocycles. The number of rotatable bonds is 5. The van der Waals surface area contributed by atoms with Crippen LogP contribution in [0.25, 0.3) is 0 Å². The van der Waals surface area contributed by atoms with Gasteiger partial charge in [-0.3, -0.25) is 19.8 Å². The molecule has 0 spiro atoms. The molecule has 1 aliphatic carbocycles. The molecule has 8 heteroatoms. The number of benzene rings is 1. The number of ether oxygens (including phenoxy) is 2. The molecule has 4 rings (SSSR count). The summed E-state index contributed by atoms with van der Waals surface area (Å²) in [6.45, 7) is 3.73. The highest BCUT2D eigenvalue weighted by atomic mass is 16.7. The third-order valence-corrected chi connectivity index (χ3v) is 6.15. The number of nitrogens with one attached hydrogen (secondary N) is 1. The van der Waals surface area contributed by atoms with E-state index in [0.717, 1.165) is 51.6 Å². The number of nitro groups is 1. The van der Waals surface area contributed by atoms with Gasteiger partial charge in [0, 0.05) is 6.04 Å². The van der Waals surface area contributed by atoms with E-state index in [0.29, 0.717) is 23.0 Å². The SMILES string of the molecule is CC1CCN(C(C(=O)NC2CCCC2)c2cc3c(cc2[N+](=O)[O-])OCO3)CC1. The normalized spacial score (nSPS) is 21.6. The lowest BCUT2D eigenvalue weighted by Gasteiger charge is -2.36. The molecule has 3 aliphatic rings. The van der Waals surface area contributed by atoms with E-state index in [2.05, 4.69) is 17.1 Å². The van der Waals surface area contributed by atoms with Crippen molar-refractivity contribution in [2.45, 2.75) is 57.5 Å². The highest BCUT2D eigenvalue weighted by molar-refractivity contribution is 5.85. The number of likely N-dealkylation sites (tertiary alicyclic amines) is 1. The summed E-state index contributed by atoms with van der Waals surface area (Å²) in [5, 5.41) is 14.9. The number of carbonyl (C=O) groups is 1. The van der Waals surface area contributed by atoms with Crippen molar-refractivity contribution >= 4 is 11.6 Å². The van der Waals surface area contributed by atoms with Crippen LogP contribution < -0.4 is 14.8 Å². The molecule has 28 heavy (non-hydrogen) atoms. The number of nitro benzene ring substituents is 1. The Morgan fingerprint density at radius 1 is 1.18 bits per heavy atom. The minimum atomic E-state index is -0.692. The standard InChI is InChI=1S/C20H27N3O5/c1-13-6-8-22(9-7-13)19(20(24)21-14-4-2-3-5-14)15-10-17-18(28-12-27-17)11-16(15)23(25)26/h10-11,13-14,19H,2-9,12H2,1H3,(H,21,24). The van der Waals surface area contributed by atoms with Crippen LogP contribution in [-0.4, -0.2) is 41.7 Å². The Kier molecular flexibility index (Phi) is 5.39. The van der Waals surface area contributed by atoms with E-state index < -0.39 is 11.0 Å². The number of amides is 1. The molecule has 1 aromatic carbocycles. The van der Waals surface area contributed by atoms with Gasteiger partial charge in [0.15, 0.2) is 11.5 Å². The first-order chi connectivity index (χ1) is 13.5. The van der Waals surface area contributed by atoms with Crippen LogP contribution in [0, 0.1) is 16.0 Å². The van der Waals surface area contributed by atoms with Gasteiger partial charge in [-0.2, -0.15) is 0 Å². The smallest absolute Gasteiger partial charge is 0.278 e. The third-order valence-electron chi connectivity index (χ3n) is 6.15. The van der Waals surface area contributed by atoms with E-state index >= 15 is 0 Å². The third kappa shape index (κ3) is 3.78. The van der Waals surface area contributed by atoms with E-state index in [1.54, 1.807) is 6.07 Å². The summed E-state index contributed by atoms with van der Waals surface area (Å²) in [5.41, 5.74) is 0.300. The minimum Gasteiger partial charge on any atom is -0.454 e. The van der Waals surface area contributed by atoms with E-state index in [1.807, 2.05) is 0 Å². The Balaban J connectivity index is 1.70. The molecular formula is C20H27N3O5. The van der Waals surface area contributed by atoms with Crippen LogP contribution in [0.3, 0.4) is 0 Å². The fourth-order valence-corrected chi connectivity index (χ4v) is 4.46. The first-order valence-electron chi connectivity index (χ1n) is 10.2. The quantitative estimate of drug-likeness (QED) is 0.614. The summed E-state index contributed by atoms with van der Waals surface area (Å²) in [7, 11) is 0. The van der Waals surface area contributed by atoms with Crippen molar-refractivity contribution in [2.75, 3.05) is 19.9 Å².